The molecule has 0 aromatic heterocycles. The molecule has 1 aromatic rings. The van der Waals surface area contributed by atoms with Crippen molar-refractivity contribution in [2.24, 2.45) is 0 Å². The van der Waals surface area contributed by atoms with Gasteiger partial charge in [0, 0.05) is 11.6 Å². The van der Waals surface area contributed by atoms with E-state index < -0.39 is 32.2 Å². The van der Waals surface area contributed by atoms with Crippen molar-refractivity contribution in [3.63, 3.8) is 0 Å². The molecule has 0 atom stereocenters. The molecule has 0 aliphatic carbocycles. The van der Waals surface area contributed by atoms with Gasteiger partial charge in [0.05, 0.1) is 0 Å². The highest BCUT2D eigenvalue weighted by molar-refractivity contribution is 7.89. The molecule has 7 heteroatoms. The molecule has 0 saturated heterocycles. The van der Waals surface area contributed by atoms with E-state index in [0.717, 1.165) is 18.2 Å². The topological polar surface area (TPSA) is 83.5 Å². The summed E-state index contributed by atoms with van der Waals surface area (Å²) >= 11 is 0. The Morgan fingerprint density at radius 2 is 2.05 bits per heavy atom. The quantitative estimate of drug-likeness (QED) is 0.790. The van der Waals surface area contributed by atoms with Crippen LogP contribution < -0.4 is 4.72 Å². The number of carboxylic acids is 1. The Bertz CT molecular complexity index is 666. The largest absolute Gasteiger partial charge is 0.478 e. The van der Waals surface area contributed by atoms with Crippen LogP contribution in [0.3, 0.4) is 0 Å². The lowest BCUT2D eigenvalue weighted by molar-refractivity contribution is -0.131. The van der Waals surface area contributed by atoms with Crippen LogP contribution in [0.1, 0.15) is 32.8 Å². The van der Waals surface area contributed by atoms with E-state index in [1.54, 1.807) is 13.8 Å². The second-order valence-corrected chi connectivity index (χ2v) is 6.86. The predicted molar refractivity (Wildman–Crippen MR) is 77.8 cm³/mol. The number of carbonyl (C=O) groups is 1. The fraction of sp³-hybridized carbons (Fsp3) is 0.357. The normalized spacial score (nSPS) is 12.8. The molecule has 0 bridgehead atoms. The molecule has 0 heterocycles. The fourth-order valence-corrected chi connectivity index (χ4v) is 3.04. The van der Waals surface area contributed by atoms with Gasteiger partial charge in [-0.1, -0.05) is 13.0 Å². The minimum atomic E-state index is -3.97. The van der Waals surface area contributed by atoms with Crippen LogP contribution in [0.5, 0.6) is 0 Å². The van der Waals surface area contributed by atoms with Crippen LogP contribution in [0.2, 0.25) is 0 Å². The Balaban J connectivity index is 3.13. The van der Waals surface area contributed by atoms with Gasteiger partial charge in [-0.15, -0.1) is 0 Å². The van der Waals surface area contributed by atoms with Crippen molar-refractivity contribution in [3.8, 4) is 0 Å². The molecule has 1 aromatic carbocycles. The zero-order valence-corrected chi connectivity index (χ0v) is 12.9. The molecule has 0 saturated carbocycles. The fourth-order valence-electron chi connectivity index (χ4n) is 1.50. The summed E-state index contributed by atoms with van der Waals surface area (Å²) in [6, 6.07) is 3.44. The van der Waals surface area contributed by atoms with E-state index in [4.69, 9.17) is 5.11 Å². The standard InChI is InChI=1S/C14H18FNO4S/c1-4-14(2,3)16-21(19,20)12-7-5-10(9-11(12)15)6-8-13(17)18/h5-9,16H,4H2,1-3H3,(H,17,18)/b8-6+. The molecule has 0 spiro atoms. The summed E-state index contributed by atoms with van der Waals surface area (Å²) in [6.45, 7) is 5.22. The number of rotatable bonds is 6. The number of nitrogens with one attached hydrogen (secondary N) is 1. The predicted octanol–water partition coefficient (Wildman–Crippen LogP) is 2.39. The van der Waals surface area contributed by atoms with Gasteiger partial charge in [0.2, 0.25) is 10.0 Å². The average molecular weight is 315 g/mol. The van der Waals surface area contributed by atoms with Crippen molar-refractivity contribution >= 4 is 22.1 Å². The third-order valence-corrected chi connectivity index (χ3v) is 4.69. The highest BCUT2D eigenvalue weighted by Crippen LogP contribution is 2.20. The van der Waals surface area contributed by atoms with E-state index in [0.29, 0.717) is 6.42 Å². The van der Waals surface area contributed by atoms with E-state index in [1.807, 2.05) is 6.92 Å². The van der Waals surface area contributed by atoms with Crippen molar-refractivity contribution in [3.05, 3.63) is 35.7 Å². The van der Waals surface area contributed by atoms with Gasteiger partial charge in [-0.2, -0.15) is 0 Å². The second-order valence-electron chi connectivity index (χ2n) is 5.20. The Labute approximate surface area is 123 Å². The summed E-state index contributed by atoms with van der Waals surface area (Å²) in [5.74, 6) is -2.10. The van der Waals surface area contributed by atoms with Gasteiger partial charge < -0.3 is 5.11 Å². The maximum atomic E-state index is 13.9. The maximum absolute atomic E-state index is 13.9. The van der Waals surface area contributed by atoms with Gasteiger partial charge in [0.1, 0.15) is 10.7 Å². The summed E-state index contributed by atoms with van der Waals surface area (Å²) in [5.41, 5.74) is -0.420. The summed E-state index contributed by atoms with van der Waals surface area (Å²) in [4.78, 5) is 9.93. The molecule has 5 nitrogen and oxygen atoms in total. The van der Waals surface area contributed by atoms with Gasteiger partial charge in [0.15, 0.2) is 0 Å². The van der Waals surface area contributed by atoms with Crippen molar-refractivity contribution < 1.29 is 22.7 Å². The summed E-state index contributed by atoms with van der Waals surface area (Å²) in [6.07, 6.45) is 2.58. The SMILES string of the molecule is CCC(C)(C)NS(=O)(=O)c1ccc(/C=C/C(=O)O)cc1F. The Morgan fingerprint density at radius 1 is 1.43 bits per heavy atom. The molecule has 2 N–H and O–H groups in total. The van der Waals surface area contributed by atoms with Crippen LogP contribution in [0.25, 0.3) is 6.08 Å². The van der Waals surface area contributed by atoms with Crippen molar-refractivity contribution in [2.75, 3.05) is 0 Å². The molecule has 0 unspecified atom stereocenters. The van der Waals surface area contributed by atoms with Crippen molar-refractivity contribution in [1.82, 2.24) is 4.72 Å². The van der Waals surface area contributed by atoms with Crippen LogP contribution in [-0.2, 0) is 14.8 Å². The smallest absolute Gasteiger partial charge is 0.328 e. The first kappa shape index (κ1) is 17.3. The van der Waals surface area contributed by atoms with E-state index in [9.17, 15) is 17.6 Å². The lowest BCUT2D eigenvalue weighted by Crippen LogP contribution is -2.42. The third kappa shape index (κ3) is 4.95. The summed E-state index contributed by atoms with van der Waals surface area (Å²) < 4.78 is 40.7. The first-order chi connectivity index (χ1) is 9.57. The monoisotopic (exact) mass is 315 g/mol. The molecule has 0 radical (unpaired) electrons. The number of carboxylic acid groups (broad SMARTS) is 1. The van der Waals surface area contributed by atoms with E-state index >= 15 is 0 Å². The minimum absolute atomic E-state index is 0.267. The summed E-state index contributed by atoms with van der Waals surface area (Å²) in [5, 5.41) is 8.50. The number of hydrogen-bond acceptors (Lipinski definition) is 3. The average Bonchev–Trinajstić information content (AvgIpc) is 2.34. The highest BCUT2D eigenvalue weighted by Gasteiger charge is 2.26. The molecule has 0 aliphatic heterocycles. The molecule has 0 amide bonds. The molecular formula is C14H18FNO4S. The molecule has 21 heavy (non-hydrogen) atoms. The van der Waals surface area contributed by atoms with Crippen LogP contribution in [0, 0.1) is 5.82 Å². The number of halogens is 1. The van der Waals surface area contributed by atoms with Crippen molar-refractivity contribution in [2.45, 2.75) is 37.6 Å². The Kier molecular flexibility index (Phi) is 5.25. The van der Waals surface area contributed by atoms with E-state index in [1.165, 1.54) is 12.1 Å². The van der Waals surface area contributed by atoms with Gasteiger partial charge in [-0.25, -0.2) is 22.3 Å². The van der Waals surface area contributed by atoms with Crippen LogP contribution in [-0.4, -0.2) is 25.0 Å². The molecule has 0 aliphatic rings. The van der Waals surface area contributed by atoms with Gasteiger partial charge in [0.25, 0.3) is 0 Å². The number of hydrogen-bond donors (Lipinski definition) is 2. The van der Waals surface area contributed by atoms with Gasteiger partial charge >= 0.3 is 5.97 Å². The molecular weight excluding hydrogens is 297 g/mol. The molecule has 0 fully saturated rings. The van der Waals surface area contributed by atoms with Crippen LogP contribution >= 0.6 is 0 Å². The van der Waals surface area contributed by atoms with Crippen molar-refractivity contribution in [1.29, 1.82) is 0 Å². The maximum Gasteiger partial charge on any atom is 0.328 e. The molecule has 1 rings (SSSR count). The third-order valence-electron chi connectivity index (χ3n) is 2.96. The first-order valence-corrected chi connectivity index (χ1v) is 7.80. The molecule has 116 valence electrons. The van der Waals surface area contributed by atoms with E-state index in [2.05, 4.69) is 4.72 Å². The lowest BCUT2D eigenvalue weighted by Gasteiger charge is -2.24. The first-order valence-electron chi connectivity index (χ1n) is 6.32. The van der Waals surface area contributed by atoms with Gasteiger partial charge in [-0.3, -0.25) is 0 Å². The second kappa shape index (κ2) is 6.36. The van der Waals surface area contributed by atoms with E-state index in [-0.39, 0.29) is 5.56 Å². The highest BCUT2D eigenvalue weighted by atomic mass is 32.2. The summed E-state index contributed by atoms with van der Waals surface area (Å²) in [7, 11) is -3.97. The van der Waals surface area contributed by atoms with Gasteiger partial charge in [-0.05, 0) is 44.0 Å². The minimum Gasteiger partial charge on any atom is -0.478 e. The lowest BCUT2D eigenvalue weighted by atomic mass is 10.0. The van der Waals surface area contributed by atoms with Crippen LogP contribution in [0.4, 0.5) is 4.39 Å². The number of aliphatic carboxylic acids is 1. The number of benzene rings is 1. The zero-order valence-electron chi connectivity index (χ0n) is 12.1. The Hall–Kier alpha value is -1.73. The van der Waals surface area contributed by atoms with Crippen LogP contribution in [0.15, 0.2) is 29.2 Å². The Morgan fingerprint density at radius 3 is 2.52 bits per heavy atom. The zero-order chi connectivity index (χ0) is 16.3. The number of sulfonamides is 1.